The van der Waals surface area contributed by atoms with Crippen LogP contribution in [0.2, 0.25) is 0 Å². The van der Waals surface area contributed by atoms with E-state index in [4.69, 9.17) is 4.89 Å². The van der Waals surface area contributed by atoms with Crippen molar-refractivity contribution in [3.8, 4) is 11.1 Å². The molecule has 0 radical (unpaired) electrons. The summed E-state index contributed by atoms with van der Waals surface area (Å²) < 4.78 is 14.1. The Hall–Kier alpha value is -1.54. The quantitative estimate of drug-likeness (QED) is 0.635. The van der Waals surface area contributed by atoms with Crippen molar-refractivity contribution >= 4 is 8.25 Å². The molecule has 0 saturated heterocycles. The van der Waals surface area contributed by atoms with E-state index in [-0.39, 0.29) is 0 Å². The second-order valence-electron chi connectivity index (χ2n) is 4.16. The van der Waals surface area contributed by atoms with E-state index in [1.165, 1.54) is 11.1 Å². The molecule has 0 fully saturated rings. The standard InChI is InChI=1S/C12H10.C4H9O3P/c1-3-7-11(8-4-1)12-9-5-2-6-10-12;1-2-3-4-7-8(5)6/h1-10H;2-4H2,1H3/p+1. The lowest BCUT2D eigenvalue weighted by molar-refractivity contribution is 0.276. The third-order valence-corrected chi connectivity index (χ3v) is 2.98. The highest BCUT2D eigenvalue weighted by Crippen LogP contribution is 2.17. The molecule has 0 spiro atoms. The molecule has 2 aromatic carbocycles. The van der Waals surface area contributed by atoms with E-state index in [0.717, 1.165) is 12.8 Å². The van der Waals surface area contributed by atoms with Crippen LogP contribution in [0.15, 0.2) is 60.7 Å². The molecular weight excluding hydrogens is 271 g/mol. The van der Waals surface area contributed by atoms with Gasteiger partial charge >= 0.3 is 8.25 Å². The summed E-state index contributed by atoms with van der Waals surface area (Å²) in [6.45, 7) is 2.38. The predicted octanol–water partition coefficient (Wildman–Crippen LogP) is 4.81. The minimum absolute atomic E-state index is 0.391. The Labute approximate surface area is 121 Å². The number of hydrogen-bond donors (Lipinski definition) is 1. The van der Waals surface area contributed by atoms with Gasteiger partial charge in [0.2, 0.25) is 0 Å². The van der Waals surface area contributed by atoms with E-state index in [1.807, 2.05) is 19.1 Å². The first kappa shape index (κ1) is 16.5. The van der Waals surface area contributed by atoms with Crippen molar-refractivity contribution in [2.24, 2.45) is 0 Å². The molecule has 0 aliphatic heterocycles. The average Bonchev–Trinajstić information content (AvgIpc) is 2.50. The SMILES string of the molecule is CCCCO[P+](=O)O.c1ccc(-c2ccccc2)cc1. The van der Waals surface area contributed by atoms with Gasteiger partial charge in [-0.2, -0.15) is 0 Å². The third kappa shape index (κ3) is 7.15. The van der Waals surface area contributed by atoms with Gasteiger partial charge in [0.25, 0.3) is 0 Å². The Bertz CT molecular complexity index is 448. The molecule has 2 aromatic rings. The molecule has 2 rings (SSSR count). The van der Waals surface area contributed by atoms with Crippen LogP contribution in [0.4, 0.5) is 0 Å². The van der Waals surface area contributed by atoms with Crippen LogP contribution in [-0.4, -0.2) is 11.5 Å². The van der Waals surface area contributed by atoms with Gasteiger partial charge in [0, 0.05) is 4.57 Å². The van der Waals surface area contributed by atoms with Gasteiger partial charge in [-0.3, -0.25) is 0 Å². The molecule has 0 aromatic heterocycles. The van der Waals surface area contributed by atoms with Crippen LogP contribution >= 0.6 is 8.25 Å². The number of hydrogen-bond acceptors (Lipinski definition) is 2. The first-order valence-corrected chi connectivity index (χ1v) is 7.76. The fraction of sp³-hybridized carbons (Fsp3) is 0.250. The van der Waals surface area contributed by atoms with Crippen LogP contribution in [0, 0.1) is 0 Å². The topological polar surface area (TPSA) is 46.5 Å². The normalized spacial score (nSPS) is 10.4. The van der Waals surface area contributed by atoms with Crippen molar-refractivity contribution in [2.45, 2.75) is 19.8 Å². The monoisotopic (exact) mass is 291 g/mol. The molecule has 3 nitrogen and oxygen atoms in total. The molecule has 4 heteroatoms. The van der Waals surface area contributed by atoms with Gasteiger partial charge in [-0.05, 0) is 17.5 Å². The van der Waals surface area contributed by atoms with Crippen molar-refractivity contribution in [3.05, 3.63) is 60.7 Å². The zero-order valence-corrected chi connectivity index (χ0v) is 12.5. The van der Waals surface area contributed by atoms with Crippen LogP contribution in [0.5, 0.6) is 0 Å². The van der Waals surface area contributed by atoms with E-state index in [0.29, 0.717) is 6.61 Å². The van der Waals surface area contributed by atoms with E-state index >= 15 is 0 Å². The Balaban J connectivity index is 0.000000221. The fourth-order valence-corrected chi connectivity index (χ4v) is 1.83. The lowest BCUT2D eigenvalue weighted by Gasteiger charge is -1.98. The summed E-state index contributed by atoms with van der Waals surface area (Å²) in [6, 6.07) is 20.8. The largest absolute Gasteiger partial charge is 0.694 e. The molecule has 1 N–H and O–H groups in total. The molecule has 106 valence electrons. The highest BCUT2D eigenvalue weighted by atomic mass is 31.1. The number of rotatable bonds is 5. The summed E-state index contributed by atoms with van der Waals surface area (Å²) in [5.41, 5.74) is 2.55. The molecule has 1 unspecified atom stereocenters. The molecule has 20 heavy (non-hydrogen) atoms. The van der Waals surface area contributed by atoms with Crippen molar-refractivity contribution in [1.29, 1.82) is 0 Å². The molecule has 0 aliphatic rings. The maximum absolute atomic E-state index is 9.80. The van der Waals surface area contributed by atoms with Crippen molar-refractivity contribution in [1.82, 2.24) is 0 Å². The summed E-state index contributed by atoms with van der Waals surface area (Å²) >= 11 is 0. The predicted molar refractivity (Wildman–Crippen MR) is 82.6 cm³/mol. The van der Waals surface area contributed by atoms with Gasteiger partial charge in [-0.15, -0.1) is 9.42 Å². The van der Waals surface area contributed by atoms with Crippen LogP contribution in [-0.2, 0) is 9.09 Å². The second kappa shape index (κ2) is 10.3. The minimum atomic E-state index is -2.36. The zero-order chi connectivity index (χ0) is 14.6. The smallest absolute Gasteiger partial charge is 0.133 e. The zero-order valence-electron chi connectivity index (χ0n) is 11.6. The molecular formula is C16H20O3P+. The van der Waals surface area contributed by atoms with E-state index in [2.05, 4.69) is 53.1 Å². The van der Waals surface area contributed by atoms with Crippen molar-refractivity contribution < 1.29 is 14.0 Å². The van der Waals surface area contributed by atoms with Gasteiger partial charge in [0.1, 0.15) is 6.61 Å². The van der Waals surface area contributed by atoms with Crippen molar-refractivity contribution in [2.75, 3.05) is 6.61 Å². The summed E-state index contributed by atoms with van der Waals surface area (Å²) in [5.74, 6) is 0. The van der Waals surface area contributed by atoms with Crippen LogP contribution in [0.25, 0.3) is 11.1 Å². The molecule has 0 heterocycles. The molecule has 0 saturated carbocycles. The Morgan fingerprint density at radius 2 is 1.40 bits per heavy atom. The Kier molecular flexibility index (Phi) is 8.48. The highest BCUT2D eigenvalue weighted by molar-refractivity contribution is 7.32. The van der Waals surface area contributed by atoms with Gasteiger partial charge in [0.05, 0.1) is 0 Å². The number of unbranched alkanes of at least 4 members (excludes halogenated alkanes) is 1. The first-order valence-electron chi connectivity index (χ1n) is 6.63. The average molecular weight is 291 g/mol. The van der Waals surface area contributed by atoms with Gasteiger partial charge in [-0.1, -0.05) is 74.0 Å². The van der Waals surface area contributed by atoms with E-state index < -0.39 is 8.25 Å². The van der Waals surface area contributed by atoms with E-state index in [9.17, 15) is 4.57 Å². The number of benzene rings is 2. The lowest BCUT2D eigenvalue weighted by atomic mass is 10.1. The lowest BCUT2D eigenvalue weighted by Crippen LogP contribution is -1.82. The molecule has 0 amide bonds. The second-order valence-corrected chi connectivity index (χ2v) is 4.89. The highest BCUT2D eigenvalue weighted by Gasteiger charge is 2.09. The molecule has 0 aliphatic carbocycles. The maximum Gasteiger partial charge on any atom is 0.694 e. The Morgan fingerprint density at radius 3 is 1.75 bits per heavy atom. The summed E-state index contributed by atoms with van der Waals surface area (Å²) in [5, 5.41) is 0. The molecule has 0 bridgehead atoms. The minimum Gasteiger partial charge on any atom is -0.133 e. The van der Waals surface area contributed by atoms with Crippen molar-refractivity contribution in [3.63, 3.8) is 0 Å². The van der Waals surface area contributed by atoms with Gasteiger partial charge in [0.15, 0.2) is 0 Å². The van der Waals surface area contributed by atoms with Crippen LogP contribution in [0.3, 0.4) is 0 Å². The summed E-state index contributed by atoms with van der Waals surface area (Å²) in [4.78, 5) is 8.07. The fourth-order valence-electron chi connectivity index (χ4n) is 1.55. The van der Waals surface area contributed by atoms with E-state index in [1.54, 1.807) is 0 Å². The molecule has 1 atom stereocenters. The van der Waals surface area contributed by atoms with Crippen LogP contribution < -0.4 is 0 Å². The van der Waals surface area contributed by atoms with Crippen LogP contribution in [0.1, 0.15) is 19.8 Å². The summed E-state index contributed by atoms with van der Waals surface area (Å²) in [7, 11) is -2.36. The maximum atomic E-state index is 9.80. The summed E-state index contributed by atoms with van der Waals surface area (Å²) in [6.07, 6.45) is 1.84. The van der Waals surface area contributed by atoms with Gasteiger partial charge in [-0.25, -0.2) is 0 Å². The third-order valence-electron chi connectivity index (χ3n) is 2.58. The van der Waals surface area contributed by atoms with Gasteiger partial charge < -0.3 is 0 Å². The first-order chi connectivity index (χ1) is 9.74. The Morgan fingerprint density at radius 1 is 0.950 bits per heavy atom.